The van der Waals surface area contributed by atoms with Gasteiger partial charge in [-0.1, -0.05) is 49.4 Å². The third kappa shape index (κ3) is 3.63. The smallest absolute Gasteiger partial charge is 0.227 e. The summed E-state index contributed by atoms with van der Waals surface area (Å²) in [5.41, 5.74) is 2.24. The number of likely N-dealkylation sites (N-methyl/N-ethyl adjacent to an activating group) is 1. The first-order chi connectivity index (χ1) is 12.8. The minimum Gasteiger partial charge on any atom is -0.365 e. The highest BCUT2D eigenvalue weighted by Gasteiger charge is 2.19. The molecular formula is C21H25N5. The Morgan fingerprint density at radius 3 is 2.38 bits per heavy atom. The van der Waals surface area contributed by atoms with Crippen molar-refractivity contribution in [2.24, 2.45) is 0 Å². The number of nitrogens with zero attached hydrogens (tertiary/aromatic N) is 4. The average molecular weight is 347 g/mol. The molecule has 3 aromatic rings. The molecule has 5 nitrogen and oxygen atoms in total. The SMILES string of the molecule is CCN1CCN(c2nc(NCc3ccccc3)c3ccccc3n2)CC1. The second-order valence-electron chi connectivity index (χ2n) is 6.65. The van der Waals surface area contributed by atoms with E-state index in [-0.39, 0.29) is 0 Å². The molecule has 1 aromatic heterocycles. The molecule has 0 aliphatic carbocycles. The topological polar surface area (TPSA) is 44.3 Å². The summed E-state index contributed by atoms with van der Waals surface area (Å²) in [6, 6.07) is 18.6. The van der Waals surface area contributed by atoms with Crippen LogP contribution >= 0.6 is 0 Å². The average Bonchev–Trinajstić information content (AvgIpc) is 2.72. The molecule has 1 N–H and O–H groups in total. The fourth-order valence-corrected chi connectivity index (χ4v) is 3.39. The first kappa shape index (κ1) is 16.8. The molecule has 4 rings (SSSR count). The fraction of sp³-hybridized carbons (Fsp3) is 0.333. The van der Waals surface area contributed by atoms with Gasteiger partial charge in [0, 0.05) is 38.1 Å². The predicted octanol–water partition coefficient (Wildman–Crippen LogP) is 3.38. The van der Waals surface area contributed by atoms with Gasteiger partial charge in [0.2, 0.25) is 5.95 Å². The molecule has 0 spiro atoms. The highest BCUT2D eigenvalue weighted by Crippen LogP contribution is 2.24. The Kier molecular flexibility index (Phi) is 4.97. The highest BCUT2D eigenvalue weighted by molar-refractivity contribution is 5.90. The van der Waals surface area contributed by atoms with E-state index in [1.165, 1.54) is 5.56 Å². The fourth-order valence-electron chi connectivity index (χ4n) is 3.39. The zero-order chi connectivity index (χ0) is 17.8. The minimum atomic E-state index is 0.755. The number of piperazine rings is 1. The summed E-state index contributed by atoms with van der Waals surface area (Å²) in [5, 5.41) is 4.58. The van der Waals surface area contributed by atoms with Crippen LogP contribution in [0.2, 0.25) is 0 Å². The van der Waals surface area contributed by atoms with E-state index in [1.54, 1.807) is 0 Å². The molecule has 0 bridgehead atoms. The quantitative estimate of drug-likeness (QED) is 0.766. The molecule has 1 aliphatic heterocycles. The Hall–Kier alpha value is -2.66. The number of hydrogen-bond acceptors (Lipinski definition) is 5. The van der Waals surface area contributed by atoms with E-state index < -0.39 is 0 Å². The number of benzene rings is 2. The van der Waals surface area contributed by atoms with Gasteiger partial charge in [-0.25, -0.2) is 4.98 Å². The lowest BCUT2D eigenvalue weighted by molar-refractivity contribution is 0.270. The molecule has 134 valence electrons. The van der Waals surface area contributed by atoms with Crippen LogP contribution in [0.1, 0.15) is 12.5 Å². The predicted molar refractivity (Wildman–Crippen MR) is 108 cm³/mol. The summed E-state index contributed by atoms with van der Waals surface area (Å²) in [7, 11) is 0. The van der Waals surface area contributed by atoms with Crippen molar-refractivity contribution in [1.29, 1.82) is 0 Å². The largest absolute Gasteiger partial charge is 0.365 e. The molecule has 1 saturated heterocycles. The number of aromatic nitrogens is 2. The van der Waals surface area contributed by atoms with Crippen molar-refractivity contribution in [1.82, 2.24) is 14.9 Å². The van der Waals surface area contributed by atoms with E-state index in [4.69, 9.17) is 9.97 Å². The van der Waals surface area contributed by atoms with Gasteiger partial charge in [-0.05, 0) is 24.2 Å². The summed E-state index contributed by atoms with van der Waals surface area (Å²) < 4.78 is 0. The van der Waals surface area contributed by atoms with Crippen LogP contribution in [0.25, 0.3) is 10.9 Å². The van der Waals surface area contributed by atoms with Gasteiger partial charge in [-0.15, -0.1) is 0 Å². The third-order valence-corrected chi connectivity index (χ3v) is 5.00. The van der Waals surface area contributed by atoms with Crippen molar-refractivity contribution < 1.29 is 0 Å². The Bertz CT molecular complexity index is 857. The van der Waals surface area contributed by atoms with Gasteiger partial charge < -0.3 is 15.1 Å². The molecule has 0 saturated carbocycles. The van der Waals surface area contributed by atoms with Crippen molar-refractivity contribution >= 4 is 22.7 Å². The van der Waals surface area contributed by atoms with Crippen molar-refractivity contribution in [3.63, 3.8) is 0 Å². The minimum absolute atomic E-state index is 0.755. The van der Waals surface area contributed by atoms with Crippen LogP contribution in [-0.2, 0) is 6.54 Å². The van der Waals surface area contributed by atoms with Crippen LogP contribution in [-0.4, -0.2) is 47.6 Å². The van der Waals surface area contributed by atoms with Crippen LogP contribution in [0.15, 0.2) is 54.6 Å². The molecule has 0 amide bonds. The second-order valence-corrected chi connectivity index (χ2v) is 6.65. The molecule has 2 heterocycles. The first-order valence-electron chi connectivity index (χ1n) is 9.35. The lowest BCUT2D eigenvalue weighted by Crippen LogP contribution is -2.46. The molecule has 1 fully saturated rings. The molecule has 0 radical (unpaired) electrons. The number of fused-ring (bicyclic) bond motifs is 1. The van der Waals surface area contributed by atoms with Crippen molar-refractivity contribution in [2.45, 2.75) is 13.5 Å². The van der Waals surface area contributed by atoms with E-state index in [2.05, 4.69) is 58.4 Å². The normalized spacial score (nSPS) is 15.3. The molecule has 0 atom stereocenters. The summed E-state index contributed by atoms with van der Waals surface area (Å²) in [5.74, 6) is 1.74. The molecule has 0 unspecified atom stereocenters. The van der Waals surface area contributed by atoms with E-state index in [0.717, 1.165) is 61.9 Å². The van der Waals surface area contributed by atoms with Gasteiger partial charge in [-0.2, -0.15) is 4.98 Å². The Labute approximate surface area is 154 Å². The molecule has 1 aliphatic rings. The molecular weight excluding hydrogens is 322 g/mol. The third-order valence-electron chi connectivity index (χ3n) is 5.00. The van der Waals surface area contributed by atoms with Crippen LogP contribution in [0.3, 0.4) is 0 Å². The number of para-hydroxylation sites is 1. The van der Waals surface area contributed by atoms with Gasteiger partial charge in [0.15, 0.2) is 0 Å². The van der Waals surface area contributed by atoms with Gasteiger partial charge in [0.1, 0.15) is 5.82 Å². The van der Waals surface area contributed by atoms with Crippen LogP contribution < -0.4 is 10.2 Å². The summed E-state index contributed by atoms with van der Waals surface area (Å²) in [4.78, 5) is 14.5. The first-order valence-corrected chi connectivity index (χ1v) is 9.35. The van der Waals surface area contributed by atoms with E-state index in [9.17, 15) is 0 Å². The molecule has 26 heavy (non-hydrogen) atoms. The van der Waals surface area contributed by atoms with Crippen LogP contribution in [0.4, 0.5) is 11.8 Å². The van der Waals surface area contributed by atoms with E-state index in [0.29, 0.717) is 0 Å². The maximum Gasteiger partial charge on any atom is 0.227 e. The van der Waals surface area contributed by atoms with Crippen molar-refractivity contribution in [3.8, 4) is 0 Å². The van der Waals surface area contributed by atoms with Crippen molar-refractivity contribution in [3.05, 3.63) is 60.2 Å². The van der Waals surface area contributed by atoms with Gasteiger partial charge in [-0.3, -0.25) is 0 Å². The van der Waals surface area contributed by atoms with Crippen molar-refractivity contribution in [2.75, 3.05) is 42.9 Å². The summed E-state index contributed by atoms with van der Waals surface area (Å²) in [6.07, 6.45) is 0. The number of anilines is 2. The van der Waals surface area contributed by atoms with Gasteiger partial charge in [0.25, 0.3) is 0 Å². The molecule has 2 aromatic carbocycles. The number of hydrogen-bond donors (Lipinski definition) is 1. The lowest BCUT2D eigenvalue weighted by atomic mass is 10.2. The monoisotopic (exact) mass is 347 g/mol. The Morgan fingerprint density at radius 1 is 0.885 bits per heavy atom. The number of rotatable bonds is 5. The van der Waals surface area contributed by atoms with Gasteiger partial charge in [0.05, 0.1) is 5.52 Å². The van der Waals surface area contributed by atoms with E-state index >= 15 is 0 Å². The summed E-state index contributed by atoms with van der Waals surface area (Å²) >= 11 is 0. The van der Waals surface area contributed by atoms with E-state index in [1.807, 2.05) is 18.2 Å². The van der Waals surface area contributed by atoms with Crippen LogP contribution in [0.5, 0.6) is 0 Å². The highest BCUT2D eigenvalue weighted by atomic mass is 15.3. The maximum atomic E-state index is 4.88. The summed E-state index contributed by atoms with van der Waals surface area (Å²) in [6.45, 7) is 8.17. The Morgan fingerprint density at radius 2 is 1.62 bits per heavy atom. The lowest BCUT2D eigenvalue weighted by Gasteiger charge is -2.34. The van der Waals surface area contributed by atoms with Gasteiger partial charge >= 0.3 is 0 Å². The second kappa shape index (κ2) is 7.70. The standard InChI is InChI=1S/C21H25N5/c1-2-25-12-14-26(15-13-25)21-23-19-11-7-6-10-18(19)20(24-21)22-16-17-8-4-3-5-9-17/h3-11H,2,12-16H2,1H3,(H,22,23,24). The number of nitrogens with one attached hydrogen (secondary N) is 1. The van der Waals surface area contributed by atoms with Crippen LogP contribution in [0, 0.1) is 0 Å². The Balaban J connectivity index is 1.61. The molecule has 5 heteroatoms. The maximum absolute atomic E-state index is 4.88. The zero-order valence-electron chi connectivity index (χ0n) is 15.2. The zero-order valence-corrected chi connectivity index (χ0v) is 15.2.